The van der Waals surface area contributed by atoms with Crippen molar-refractivity contribution in [1.29, 1.82) is 0 Å². The second-order valence-corrected chi connectivity index (χ2v) is 12.2. The summed E-state index contributed by atoms with van der Waals surface area (Å²) in [5.41, 5.74) is 0.991. The minimum absolute atomic E-state index is 0.0247. The van der Waals surface area contributed by atoms with Crippen LogP contribution >= 0.6 is 46.1 Å². The van der Waals surface area contributed by atoms with Crippen LogP contribution < -0.4 is 15.4 Å². The third-order valence-corrected chi connectivity index (χ3v) is 8.83. The highest BCUT2D eigenvalue weighted by Gasteiger charge is 2.26. The van der Waals surface area contributed by atoms with Gasteiger partial charge in [0.15, 0.2) is 0 Å². The van der Waals surface area contributed by atoms with Crippen LogP contribution in [0.1, 0.15) is 32.7 Å². The second-order valence-electron chi connectivity index (χ2n) is 10.1. The van der Waals surface area contributed by atoms with Crippen molar-refractivity contribution in [2.45, 2.75) is 19.5 Å². The van der Waals surface area contributed by atoms with Crippen LogP contribution in [0.4, 0.5) is 10.8 Å². The highest BCUT2D eigenvalue weighted by atomic mass is 35.5. The van der Waals surface area contributed by atoms with Crippen molar-refractivity contribution in [1.82, 2.24) is 24.3 Å². The number of nitrogens with zero attached hydrogens (tertiary/aromatic N) is 5. The molecule has 1 aromatic carbocycles. The molecule has 5 rings (SSSR count). The summed E-state index contributed by atoms with van der Waals surface area (Å²) in [6, 6.07) is 6.11. The zero-order valence-corrected chi connectivity index (χ0v) is 26.4. The molecular formula is C29H30Cl3N7O3S. The Balaban J connectivity index is 1.38. The van der Waals surface area contributed by atoms with E-state index >= 15 is 0 Å². The fraction of sp³-hybridized carbons (Fsp3) is 0.310. The number of aromatic nitrogens is 3. The Morgan fingerprint density at radius 3 is 2.58 bits per heavy atom. The molecule has 0 bridgehead atoms. The number of carbonyl (C=O) groups is 2. The van der Waals surface area contributed by atoms with Gasteiger partial charge in [0.05, 0.1) is 34.1 Å². The molecule has 14 heteroatoms. The number of hydrogen-bond donors (Lipinski definition) is 2. The molecule has 2 N–H and O–H groups in total. The fourth-order valence-corrected chi connectivity index (χ4v) is 6.09. The fourth-order valence-electron chi connectivity index (χ4n) is 4.57. The Bertz CT molecular complexity index is 1560. The van der Waals surface area contributed by atoms with E-state index in [1.807, 2.05) is 16.1 Å². The van der Waals surface area contributed by atoms with Crippen LogP contribution in [0.25, 0.3) is 0 Å². The Labute approximate surface area is 268 Å². The summed E-state index contributed by atoms with van der Waals surface area (Å²) >= 11 is 20.4. The van der Waals surface area contributed by atoms with E-state index in [1.165, 1.54) is 29.7 Å². The Morgan fingerprint density at radius 2 is 1.86 bits per heavy atom. The first-order valence-electron chi connectivity index (χ1n) is 13.6. The zero-order chi connectivity index (χ0) is 30.3. The quantitative estimate of drug-likeness (QED) is 0.189. The van der Waals surface area contributed by atoms with Crippen LogP contribution in [0, 0.1) is 0 Å². The number of carbonyl (C=O) groups excluding carboxylic acids is 2. The van der Waals surface area contributed by atoms with E-state index in [9.17, 15) is 9.59 Å². The molecule has 2 amide bonds. The van der Waals surface area contributed by atoms with E-state index in [1.54, 1.807) is 24.7 Å². The smallest absolute Gasteiger partial charge is 0.260 e. The van der Waals surface area contributed by atoms with Crippen molar-refractivity contribution in [3.8, 4) is 5.75 Å². The average molecular weight is 663 g/mol. The van der Waals surface area contributed by atoms with Gasteiger partial charge in [-0.2, -0.15) is 0 Å². The first-order valence-corrected chi connectivity index (χ1v) is 15.6. The van der Waals surface area contributed by atoms with Crippen LogP contribution in [0.15, 0.2) is 54.6 Å². The van der Waals surface area contributed by atoms with Crippen molar-refractivity contribution in [3.05, 3.63) is 86.3 Å². The van der Waals surface area contributed by atoms with Gasteiger partial charge in [0.25, 0.3) is 11.8 Å². The van der Waals surface area contributed by atoms with E-state index in [0.29, 0.717) is 34.6 Å². The lowest BCUT2D eigenvalue weighted by molar-refractivity contribution is 0.0987. The number of nitrogens with one attached hydrogen (secondary N) is 2. The predicted molar refractivity (Wildman–Crippen MR) is 171 cm³/mol. The molecule has 1 saturated heterocycles. The average Bonchev–Trinajstić information content (AvgIpc) is 3.63. The molecule has 0 aliphatic carbocycles. The first-order chi connectivity index (χ1) is 20.8. The van der Waals surface area contributed by atoms with Crippen molar-refractivity contribution in [2.75, 3.05) is 50.5 Å². The number of imidazole rings is 1. The summed E-state index contributed by atoms with van der Waals surface area (Å²) in [5, 5.41) is 9.18. The number of thiophene rings is 1. The van der Waals surface area contributed by atoms with E-state index in [2.05, 4.69) is 37.4 Å². The number of piperazine rings is 1. The summed E-state index contributed by atoms with van der Waals surface area (Å²) < 4.78 is 7.97. The lowest BCUT2D eigenvalue weighted by Gasteiger charge is -2.32. The summed E-state index contributed by atoms with van der Waals surface area (Å²) in [6.45, 7) is 5.49. The van der Waals surface area contributed by atoms with E-state index in [0.717, 1.165) is 31.7 Å². The van der Waals surface area contributed by atoms with Crippen molar-refractivity contribution in [3.63, 3.8) is 0 Å². The van der Waals surface area contributed by atoms with E-state index in [4.69, 9.17) is 39.5 Å². The highest BCUT2D eigenvalue weighted by Crippen LogP contribution is 2.36. The van der Waals surface area contributed by atoms with Gasteiger partial charge in [-0.1, -0.05) is 34.8 Å². The van der Waals surface area contributed by atoms with E-state index in [-0.39, 0.29) is 34.3 Å². The number of aryl methyl sites for hydroxylation is 1. The molecule has 0 atom stereocenters. The maximum Gasteiger partial charge on any atom is 0.260 e. The number of halogens is 3. The molecule has 0 saturated carbocycles. The first kappa shape index (κ1) is 31.2. The van der Waals surface area contributed by atoms with Crippen LogP contribution in [0.5, 0.6) is 5.75 Å². The number of rotatable bonds is 11. The number of hydrogen-bond acceptors (Lipinski definition) is 8. The SMILES string of the molecule is CN1CCN(Cc2csc(NC(=O)c3c(OCCCn4ccnc4)cc(Cl)cc3C(=O)Nc3ccc(Cl)cn3)c2Cl)CC1. The van der Waals surface area contributed by atoms with E-state index < -0.39 is 11.8 Å². The maximum absolute atomic E-state index is 13.8. The number of pyridine rings is 1. The minimum atomic E-state index is -0.584. The lowest BCUT2D eigenvalue weighted by Crippen LogP contribution is -2.43. The van der Waals surface area contributed by atoms with Crippen molar-refractivity contribution < 1.29 is 14.3 Å². The molecule has 226 valence electrons. The molecule has 43 heavy (non-hydrogen) atoms. The number of anilines is 2. The number of likely N-dealkylation sites (N-methyl/N-ethyl adjacent to an activating group) is 1. The lowest BCUT2D eigenvalue weighted by atomic mass is 10.0. The van der Waals surface area contributed by atoms with Crippen LogP contribution in [-0.4, -0.2) is 76.0 Å². The molecule has 3 aromatic heterocycles. The number of ether oxygens (including phenoxy) is 1. The van der Waals surface area contributed by atoms with Gasteiger partial charge in [-0.05, 0) is 48.7 Å². The summed E-state index contributed by atoms with van der Waals surface area (Å²) in [4.78, 5) is 40.1. The second kappa shape index (κ2) is 14.5. The summed E-state index contributed by atoms with van der Waals surface area (Å²) in [7, 11) is 2.11. The molecule has 0 unspecified atom stereocenters. The molecular weight excluding hydrogens is 633 g/mol. The third-order valence-electron chi connectivity index (χ3n) is 6.90. The molecule has 0 spiro atoms. The van der Waals surface area contributed by atoms with Gasteiger partial charge in [-0.25, -0.2) is 9.97 Å². The van der Waals surface area contributed by atoms with Gasteiger partial charge in [-0.3, -0.25) is 14.5 Å². The van der Waals surface area contributed by atoms with Crippen LogP contribution in [0.3, 0.4) is 0 Å². The predicted octanol–water partition coefficient (Wildman–Crippen LogP) is 6.02. The van der Waals surface area contributed by atoms with Crippen LogP contribution in [-0.2, 0) is 13.1 Å². The topological polar surface area (TPSA) is 105 Å². The summed E-state index contributed by atoms with van der Waals surface area (Å²) in [5.74, 6) is -0.697. The Hall–Kier alpha value is -3.19. The van der Waals surface area contributed by atoms with Crippen molar-refractivity contribution in [2.24, 2.45) is 0 Å². The highest BCUT2D eigenvalue weighted by molar-refractivity contribution is 7.15. The summed E-state index contributed by atoms with van der Waals surface area (Å²) in [6.07, 6.45) is 7.32. The Kier molecular flexibility index (Phi) is 10.6. The van der Waals surface area contributed by atoms with Gasteiger partial charge in [-0.15, -0.1) is 11.3 Å². The molecule has 1 fully saturated rings. The monoisotopic (exact) mass is 661 g/mol. The normalized spacial score (nSPS) is 14.0. The molecule has 1 aliphatic rings. The van der Waals surface area contributed by atoms with Gasteiger partial charge in [0.1, 0.15) is 16.6 Å². The van der Waals surface area contributed by atoms with Gasteiger partial charge >= 0.3 is 0 Å². The zero-order valence-electron chi connectivity index (χ0n) is 23.4. The largest absolute Gasteiger partial charge is 0.493 e. The molecule has 1 aliphatic heterocycles. The molecule has 4 aromatic rings. The molecule has 10 nitrogen and oxygen atoms in total. The third kappa shape index (κ3) is 8.26. The standard InChI is InChI=1S/C29H30Cl3N7O3S/c1-37-8-10-38(11-9-37)16-19-17-43-29(26(19)32)36-28(41)25-22(27(40)35-24-4-3-20(30)15-34-24)13-21(31)14-23(25)42-12-2-6-39-7-5-33-18-39/h3-5,7,13-15,17-18H,2,6,8-12,16H2,1H3,(H,36,41)(H,34,35,40). The number of amides is 2. The van der Waals surface area contributed by atoms with Crippen molar-refractivity contribution >= 4 is 68.8 Å². The van der Waals surface area contributed by atoms with Crippen LogP contribution in [0.2, 0.25) is 15.1 Å². The molecule has 4 heterocycles. The van der Waals surface area contributed by atoms with Gasteiger partial charge in [0.2, 0.25) is 0 Å². The molecule has 0 radical (unpaired) electrons. The number of benzene rings is 1. The Morgan fingerprint density at radius 1 is 1.05 bits per heavy atom. The minimum Gasteiger partial charge on any atom is -0.493 e. The maximum atomic E-state index is 13.8. The van der Waals surface area contributed by atoms with Gasteiger partial charge in [0, 0.05) is 62.9 Å². The van der Waals surface area contributed by atoms with Gasteiger partial charge < -0.3 is 24.8 Å².